The fourth-order valence-electron chi connectivity index (χ4n) is 2.94. The van der Waals surface area contributed by atoms with Crippen molar-refractivity contribution in [1.29, 1.82) is 5.26 Å². The van der Waals surface area contributed by atoms with Crippen molar-refractivity contribution in [2.75, 3.05) is 11.9 Å². The van der Waals surface area contributed by atoms with Gasteiger partial charge in [0.2, 0.25) is 0 Å². The van der Waals surface area contributed by atoms with E-state index in [0.29, 0.717) is 29.4 Å². The number of rotatable bonds is 9. The molecule has 0 heterocycles. The average molecular weight is 442 g/mol. The Morgan fingerprint density at radius 2 is 1.70 bits per heavy atom. The maximum atomic E-state index is 12.6. The molecule has 0 spiro atoms. The Labute approximate surface area is 191 Å². The molecule has 0 fully saturated rings. The van der Waals surface area contributed by atoms with E-state index in [1.807, 2.05) is 13.0 Å². The molecule has 0 radical (unpaired) electrons. The molecule has 0 aliphatic rings. The van der Waals surface area contributed by atoms with Crippen LogP contribution in [0.25, 0.3) is 6.08 Å². The predicted molar refractivity (Wildman–Crippen MR) is 124 cm³/mol. The van der Waals surface area contributed by atoms with E-state index in [9.17, 15) is 14.9 Å². The quantitative estimate of drug-likeness (QED) is 0.360. The molecule has 7 heteroatoms. The zero-order chi connectivity index (χ0) is 23.6. The first-order chi connectivity index (χ1) is 16.0. The van der Waals surface area contributed by atoms with Gasteiger partial charge in [-0.3, -0.25) is 4.79 Å². The minimum atomic E-state index is -0.995. The summed E-state index contributed by atoms with van der Waals surface area (Å²) in [6.45, 7) is 2.63. The Hall–Kier alpha value is -4.57. The molecule has 7 nitrogen and oxygen atoms in total. The first-order valence-corrected chi connectivity index (χ1v) is 10.2. The molecule has 0 atom stereocenters. The zero-order valence-corrected chi connectivity index (χ0v) is 17.9. The number of nitriles is 1. The van der Waals surface area contributed by atoms with Gasteiger partial charge in [-0.05, 0) is 61.0 Å². The van der Waals surface area contributed by atoms with Gasteiger partial charge in [0.25, 0.3) is 5.91 Å². The van der Waals surface area contributed by atoms with Crippen LogP contribution in [0.2, 0.25) is 0 Å². The van der Waals surface area contributed by atoms with Crippen LogP contribution in [-0.2, 0) is 11.4 Å². The number of aromatic carboxylic acids is 1. The van der Waals surface area contributed by atoms with E-state index in [-0.39, 0.29) is 17.7 Å². The number of para-hydroxylation sites is 1. The summed E-state index contributed by atoms with van der Waals surface area (Å²) in [6, 6.07) is 22.2. The van der Waals surface area contributed by atoms with Crippen LogP contribution in [-0.4, -0.2) is 23.6 Å². The Bertz CT molecular complexity index is 1190. The van der Waals surface area contributed by atoms with Crippen LogP contribution in [0.15, 0.2) is 78.4 Å². The number of carboxylic acid groups (broad SMARTS) is 1. The summed E-state index contributed by atoms with van der Waals surface area (Å²) in [5.41, 5.74) is 2.01. The molecule has 0 aromatic heterocycles. The highest BCUT2D eigenvalue weighted by molar-refractivity contribution is 6.09. The lowest BCUT2D eigenvalue weighted by Crippen LogP contribution is -2.13. The lowest BCUT2D eigenvalue weighted by Gasteiger charge is -2.10. The van der Waals surface area contributed by atoms with Crippen LogP contribution >= 0.6 is 0 Å². The molecule has 0 bridgehead atoms. The molecule has 3 aromatic rings. The minimum Gasteiger partial charge on any atom is -0.494 e. The number of amides is 1. The van der Waals surface area contributed by atoms with Gasteiger partial charge in [-0.2, -0.15) is 5.26 Å². The standard InChI is InChI=1S/C26H22N2O5/c1-2-32-23-13-11-22(12-14-23)28-25(29)21(16-27)15-20-5-3-4-6-24(20)33-17-18-7-9-19(10-8-18)26(30)31/h3-15H,2,17H2,1H3,(H,28,29)(H,30,31)/b21-15+. The zero-order valence-electron chi connectivity index (χ0n) is 17.9. The molecule has 3 rings (SSSR count). The van der Waals surface area contributed by atoms with Crippen molar-refractivity contribution >= 4 is 23.6 Å². The second-order valence-electron chi connectivity index (χ2n) is 6.91. The number of ether oxygens (including phenoxy) is 2. The van der Waals surface area contributed by atoms with Gasteiger partial charge in [0.05, 0.1) is 12.2 Å². The second kappa shape index (κ2) is 11.2. The van der Waals surface area contributed by atoms with E-state index < -0.39 is 11.9 Å². The van der Waals surface area contributed by atoms with Crippen molar-refractivity contribution in [2.45, 2.75) is 13.5 Å². The maximum Gasteiger partial charge on any atom is 0.335 e. The Morgan fingerprint density at radius 3 is 2.33 bits per heavy atom. The number of nitrogens with one attached hydrogen (secondary N) is 1. The van der Waals surface area contributed by atoms with Crippen molar-refractivity contribution in [3.63, 3.8) is 0 Å². The highest BCUT2D eigenvalue weighted by Crippen LogP contribution is 2.23. The molecular weight excluding hydrogens is 420 g/mol. The number of benzene rings is 3. The number of carboxylic acids is 1. The number of hydrogen-bond donors (Lipinski definition) is 2. The minimum absolute atomic E-state index is 0.0780. The molecule has 3 aromatic carbocycles. The lowest BCUT2D eigenvalue weighted by molar-refractivity contribution is -0.112. The molecule has 2 N–H and O–H groups in total. The summed E-state index contributed by atoms with van der Waals surface area (Å²) in [7, 11) is 0. The second-order valence-corrected chi connectivity index (χ2v) is 6.91. The number of carbonyl (C=O) groups excluding carboxylic acids is 1. The van der Waals surface area contributed by atoms with E-state index in [1.54, 1.807) is 60.7 Å². The smallest absolute Gasteiger partial charge is 0.335 e. The maximum absolute atomic E-state index is 12.6. The number of nitrogens with zero attached hydrogens (tertiary/aromatic N) is 1. The summed E-state index contributed by atoms with van der Waals surface area (Å²) in [5.74, 6) is -0.358. The van der Waals surface area contributed by atoms with Gasteiger partial charge in [0.1, 0.15) is 29.7 Å². The van der Waals surface area contributed by atoms with Crippen molar-refractivity contribution in [1.82, 2.24) is 0 Å². The van der Waals surface area contributed by atoms with Gasteiger partial charge in [0.15, 0.2) is 0 Å². The van der Waals surface area contributed by atoms with Crippen molar-refractivity contribution in [2.24, 2.45) is 0 Å². The monoisotopic (exact) mass is 442 g/mol. The molecule has 0 unspecified atom stereocenters. The fourth-order valence-corrected chi connectivity index (χ4v) is 2.94. The van der Waals surface area contributed by atoms with E-state index in [1.165, 1.54) is 18.2 Å². The topological polar surface area (TPSA) is 109 Å². The van der Waals surface area contributed by atoms with Gasteiger partial charge in [-0.1, -0.05) is 30.3 Å². The van der Waals surface area contributed by atoms with Crippen LogP contribution in [0.3, 0.4) is 0 Å². The molecular formula is C26H22N2O5. The van der Waals surface area contributed by atoms with Gasteiger partial charge in [-0.15, -0.1) is 0 Å². The third-order valence-corrected chi connectivity index (χ3v) is 4.60. The SMILES string of the molecule is CCOc1ccc(NC(=O)/C(C#N)=C/c2ccccc2OCc2ccc(C(=O)O)cc2)cc1. The van der Waals surface area contributed by atoms with Gasteiger partial charge in [0, 0.05) is 11.3 Å². The van der Waals surface area contributed by atoms with Crippen LogP contribution in [0.1, 0.15) is 28.4 Å². The van der Waals surface area contributed by atoms with Crippen LogP contribution in [0.5, 0.6) is 11.5 Å². The molecule has 166 valence electrons. The third-order valence-electron chi connectivity index (χ3n) is 4.60. The highest BCUT2D eigenvalue weighted by atomic mass is 16.5. The third kappa shape index (κ3) is 6.45. The number of anilines is 1. The van der Waals surface area contributed by atoms with Gasteiger partial charge < -0.3 is 19.9 Å². The first kappa shape index (κ1) is 23.1. The van der Waals surface area contributed by atoms with Crippen molar-refractivity contribution in [3.05, 3.63) is 95.1 Å². The van der Waals surface area contributed by atoms with E-state index >= 15 is 0 Å². The van der Waals surface area contributed by atoms with Crippen LogP contribution in [0, 0.1) is 11.3 Å². The molecule has 1 amide bonds. The van der Waals surface area contributed by atoms with E-state index in [0.717, 1.165) is 5.56 Å². The predicted octanol–water partition coefficient (Wildman–Crippen LogP) is 4.91. The average Bonchev–Trinajstić information content (AvgIpc) is 2.83. The number of carbonyl (C=O) groups is 2. The molecule has 0 aliphatic heterocycles. The molecule has 0 saturated heterocycles. The summed E-state index contributed by atoms with van der Waals surface area (Å²) in [4.78, 5) is 23.6. The van der Waals surface area contributed by atoms with Gasteiger partial charge >= 0.3 is 5.97 Å². The fraction of sp³-hybridized carbons (Fsp3) is 0.115. The van der Waals surface area contributed by atoms with Crippen molar-refractivity contribution in [3.8, 4) is 17.6 Å². The molecule has 0 saturated carbocycles. The summed E-state index contributed by atoms with van der Waals surface area (Å²) in [6.07, 6.45) is 1.47. The molecule has 33 heavy (non-hydrogen) atoms. The Morgan fingerprint density at radius 1 is 1.00 bits per heavy atom. The Balaban J connectivity index is 1.72. The van der Waals surface area contributed by atoms with E-state index in [4.69, 9.17) is 14.6 Å². The lowest BCUT2D eigenvalue weighted by atomic mass is 10.1. The number of hydrogen-bond acceptors (Lipinski definition) is 5. The largest absolute Gasteiger partial charge is 0.494 e. The van der Waals surface area contributed by atoms with Gasteiger partial charge in [-0.25, -0.2) is 4.79 Å². The molecule has 0 aliphatic carbocycles. The normalized spacial score (nSPS) is 10.7. The highest BCUT2D eigenvalue weighted by Gasteiger charge is 2.12. The Kier molecular flexibility index (Phi) is 7.81. The summed E-state index contributed by atoms with van der Waals surface area (Å²) < 4.78 is 11.2. The summed E-state index contributed by atoms with van der Waals surface area (Å²) in [5, 5.41) is 21.2. The summed E-state index contributed by atoms with van der Waals surface area (Å²) >= 11 is 0. The van der Waals surface area contributed by atoms with Crippen LogP contribution in [0.4, 0.5) is 5.69 Å². The first-order valence-electron chi connectivity index (χ1n) is 10.2. The van der Waals surface area contributed by atoms with Crippen molar-refractivity contribution < 1.29 is 24.2 Å². The van der Waals surface area contributed by atoms with Crippen LogP contribution < -0.4 is 14.8 Å². The van der Waals surface area contributed by atoms with E-state index in [2.05, 4.69) is 5.32 Å².